The van der Waals surface area contributed by atoms with Crippen molar-refractivity contribution in [1.29, 1.82) is 0 Å². The Morgan fingerprint density at radius 2 is 1.86 bits per heavy atom. The first-order chi connectivity index (χ1) is 17.3. The molecule has 2 amide bonds. The molecule has 1 aliphatic heterocycles. The van der Waals surface area contributed by atoms with E-state index in [1.165, 1.54) is 12.1 Å². The Morgan fingerprint density at radius 1 is 1.22 bits per heavy atom. The van der Waals surface area contributed by atoms with E-state index in [-0.39, 0.29) is 42.2 Å². The zero-order valence-electron chi connectivity index (χ0n) is 21.6. The Bertz CT molecular complexity index is 1160. The number of rotatable bonds is 7. The summed E-state index contributed by atoms with van der Waals surface area (Å²) in [6.07, 6.45) is -2.16. The van der Waals surface area contributed by atoms with Crippen LogP contribution < -0.4 is 15.0 Å². The van der Waals surface area contributed by atoms with E-state index in [4.69, 9.17) is 9.72 Å². The number of hydrogen-bond acceptors (Lipinski definition) is 6. The summed E-state index contributed by atoms with van der Waals surface area (Å²) in [5.74, 6) is 1.80. The average Bonchev–Trinajstić information content (AvgIpc) is 2.79. The lowest BCUT2D eigenvalue weighted by Gasteiger charge is -2.41. The molecule has 1 N–H and O–H groups in total. The van der Waals surface area contributed by atoms with Crippen molar-refractivity contribution >= 4 is 23.3 Å². The Morgan fingerprint density at radius 3 is 2.46 bits per heavy atom. The van der Waals surface area contributed by atoms with Gasteiger partial charge in [-0.1, -0.05) is 13.8 Å². The van der Waals surface area contributed by atoms with Gasteiger partial charge in [-0.15, -0.1) is 0 Å². The summed E-state index contributed by atoms with van der Waals surface area (Å²) < 4.78 is 43.5. The number of hydrogen-bond donors (Lipinski definition) is 1. The van der Waals surface area contributed by atoms with E-state index in [0.717, 1.165) is 36.5 Å². The molecule has 2 heterocycles. The minimum absolute atomic E-state index is 0.0544. The van der Waals surface area contributed by atoms with E-state index in [1.807, 2.05) is 32.7 Å². The minimum Gasteiger partial charge on any atom is -0.484 e. The number of aromatic nitrogens is 2. The van der Waals surface area contributed by atoms with Crippen LogP contribution in [0.4, 0.5) is 24.7 Å². The van der Waals surface area contributed by atoms with Crippen LogP contribution in [-0.4, -0.2) is 59.5 Å². The van der Waals surface area contributed by atoms with Gasteiger partial charge in [-0.3, -0.25) is 9.59 Å². The quantitative estimate of drug-likeness (QED) is 0.593. The molecule has 0 spiro atoms. The molecular weight excluding hydrogens is 487 g/mol. The number of fused-ring (bicyclic) bond motifs is 1. The lowest BCUT2D eigenvalue weighted by atomic mass is 9.77. The summed E-state index contributed by atoms with van der Waals surface area (Å²) in [5.41, 5.74) is 0.613. The van der Waals surface area contributed by atoms with Crippen LogP contribution in [0.2, 0.25) is 0 Å². The molecule has 0 radical (unpaired) electrons. The van der Waals surface area contributed by atoms with Crippen LogP contribution in [0.15, 0.2) is 24.3 Å². The van der Waals surface area contributed by atoms with Crippen molar-refractivity contribution in [2.24, 2.45) is 11.8 Å². The van der Waals surface area contributed by atoms with Crippen molar-refractivity contribution < 1.29 is 27.5 Å². The van der Waals surface area contributed by atoms with Gasteiger partial charge >= 0.3 is 6.18 Å². The third-order valence-corrected chi connectivity index (χ3v) is 7.18. The van der Waals surface area contributed by atoms with Crippen LogP contribution in [0.5, 0.6) is 5.75 Å². The lowest BCUT2D eigenvalue weighted by molar-refractivity contribution is -0.138. The normalized spacial score (nSPS) is 21.3. The molecule has 0 bridgehead atoms. The standard InChI is InChI=1S/C26H32F3N5O3/c1-14(2)23-25(36)32-22-15(3)30-20(31-24(22)34(23)5)12-16-10-18(11-16)33(4)21(35)13-37-19-8-6-17(7-9-19)26(27,28)29/h6-9,14,16,18,23H,10-13H2,1-5H3,(H,32,36)/t16?,18?,23-/m0/s1. The molecule has 1 aromatic heterocycles. The molecule has 1 aromatic carbocycles. The lowest BCUT2D eigenvalue weighted by Crippen LogP contribution is -2.50. The van der Waals surface area contributed by atoms with Gasteiger partial charge in [0.25, 0.3) is 5.91 Å². The number of nitrogens with one attached hydrogen (secondary N) is 1. The summed E-state index contributed by atoms with van der Waals surface area (Å²) in [6.45, 7) is 5.62. The number of amides is 2. The number of aryl methyl sites for hydroxylation is 1. The van der Waals surface area contributed by atoms with E-state index in [1.54, 1.807) is 11.9 Å². The fourth-order valence-corrected chi connectivity index (χ4v) is 4.99. The predicted octanol–water partition coefficient (Wildman–Crippen LogP) is 4.08. The highest BCUT2D eigenvalue weighted by atomic mass is 19.4. The van der Waals surface area contributed by atoms with Crippen molar-refractivity contribution in [3.05, 3.63) is 41.3 Å². The molecule has 0 saturated heterocycles. The summed E-state index contributed by atoms with van der Waals surface area (Å²) in [6, 6.07) is 4.04. The fourth-order valence-electron chi connectivity index (χ4n) is 4.99. The number of carbonyl (C=O) groups is 2. The van der Waals surface area contributed by atoms with Gasteiger partial charge in [0, 0.05) is 26.6 Å². The van der Waals surface area contributed by atoms with E-state index >= 15 is 0 Å². The Balaban J connectivity index is 1.30. The van der Waals surface area contributed by atoms with Crippen molar-refractivity contribution in [2.75, 3.05) is 30.9 Å². The van der Waals surface area contributed by atoms with Gasteiger partial charge in [0.15, 0.2) is 12.4 Å². The molecule has 1 atom stereocenters. The molecule has 200 valence electrons. The van der Waals surface area contributed by atoms with Gasteiger partial charge < -0.3 is 19.9 Å². The van der Waals surface area contributed by atoms with Crippen molar-refractivity contribution in [2.45, 2.75) is 58.3 Å². The second-order valence-corrected chi connectivity index (χ2v) is 10.2. The van der Waals surface area contributed by atoms with Crippen LogP contribution in [0.3, 0.4) is 0 Å². The molecule has 1 fully saturated rings. The molecule has 1 aliphatic carbocycles. The first kappa shape index (κ1) is 26.7. The van der Waals surface area contributed by atoms with E-state index < -0.39 is 11.7 Å². The zero-order valence-corrected chi connectivity index (χ0v) is 21.6. The summed E-state index contributed by atoms with van der Waals surface area (Å²) >= 11 is 0. The second kappa shape index (κ2) is 10.2. The molecule has 37 heavy (non-hydrogen) atoms. The van der Waals surface area contributed by atoms with Crippen LogP contribution in [0.1, 0.15) is 43.8 Å². The molecule has 0 unspecified atom stereocenters. The minimum atomic E-state index is -4.42. The highest BCUT2D eigenvalue weighted by Gasteiger charge is 2.37. The maximum Gasteiger partial charge on any atom is 0.416 e. The van der Waals surface area contributed by atoms with Crippen molar-refractivity contribution in [3.8, 4) is 5.75 Å². The summed E-state index contributed by atoms with van der Waals surface area (Å²) in [4.78, 5) is 38.0. The van der Waals surface area contributed by atoms with Crippen LogP contribution in [-0.2, 0) is 22.2 Å². The van der Waals surface area contributed by atoms with E-state index in [9.17, 15) is 22.8 Å². The number of ether oxygens (including phenoxy) is 1. The van der Waals surface area contributed by atoms with Gasteiger partial charge in [0.05, 0.1) is 11.3 Å². The Hall–Kier alpha value is -3.37. The van der Waals surface area contributed by atoms with Gasteiger partial charge in [-0.2, -0.15) is 13.2 Å². The first-order valence-electron chi connectivity index (χ1n) is 12.3. The second-order valence-electron chi connectivity index (χ2n) is 10.2. The maximum atomic E-state index is 12.7. The molecule has 2 aromatic rings. The highest BCUT2D eigenvalue weighted by Crippen LogP contribution is 2.37. The first-order valence-corrected chi connectivity index (χ1v) is 12.3. The maximum absolute atomic E-state index is 12.7. The number of halogens is 3. The molecular formula is C26H32F3N5O3. The van der Waals surface area contributed by atoms with Gasteiger partial charge in [0.1, 0.15) is 23.3 Å². The summed E-state index contributed by atoms with van der Waals surface area (Å²) in [7, 11) is 3.59. The number of carbonyl (C=O) groups excluding carboxylic acids is 2. The average molecular weight is 520 g/mol. The smallest absolute Gasteiger partial charge is 0.416 e. The van der Waals surface area contributed by atoms with Crippen molar-refractivity contribution in [3.63, 3.8) is 0 Å². The number of nitrogens with zero attached hydrogens (tertiary/aromatic N) is 4. The third-order valence-electron chi connectivity index (χ3n) is 7.18. The number of alkyl halides is 3. The Kier molecular flexibility index (Phi) is 7.34. The monoisotopic (exact) mass is 519 g/mol. The SMILES string of the molecule is Cc1nc(CC2CC(N(C)C(=O)COc3ccc(C(F)(F)F)cc3)C2)nc2c1NC(=O)[C@H](C(C)C)N2C. The van der Waals surface area contributed by atoms with Gasteiger partial charge in [0.2, 0.25) is 5.91 Å². The Labute approximate surface area is 214 Å². The molecule has 8 nitrogen and oxygen atoms in total. The zero-order chi connectivity index (χ0) is 27.1. The number of anilines is 2. The third kappa shape index (κ3) is 5.65. The molecule has 4 rings (SSSR count). The number of benzene rings is 1. The number of likely N-dealkylation sites (N-methyl/N-ethyl adjacent to an activating group) is 2. The fraction of sp³-hybridized carbons (Fsp3) is 0.538. The van der Waals surface area contributed by atoms with Crippen LogP contribution in [0.25, 0.3) is 0 Å². The molecule has 11 heteroatoms. The van der Waals surface area contributed by atoms with Crippen molar-refractivity contribution in [1.82, 2.24) is 14.9 Å². The largest absolute Gasteiger partial charge is 0.484 e. The highest BCUT2D eigenvalue weighted by molar-refractivity contribution is 6.03. The van der Waals surface area contributed by atoms with E-state index in [0.29, 0.717) is 23.9 Å². The van der Waals surface area contributed by atoms with Crippen LogP contribution >= 0.6 is 0 Å². The van der Waals surface area contributed by atoms with Gasteiger partial charge in [-0.05, 0) is 55.9 Å². The van der Waals surface area contributed by atoms with Crippen LogP contribution in [0, 0.1) is 18.8 Å². The topological polar surface area (TPSA) is 87.7 Å². The van der Waals surface area contributed by atoms with Gasteiger partial charge in [-0.25, -0.2) is 9.97 Å². The predicted molar refractivity (Wildman–Crippen MR) is 132 cm³/mol. The molecule has 1 saturated carbocycles. The molecule has 2 aliphatic rings. The van der Waals surface area contributed by atoms with E-state index in [2.05, 4.69) is 10.3 Å². The summed E-state index contributed by atoms with van der Waals surface area (Å²) in [5, 5.41) is 2.95.